The Morgan fingerprint density at radius 3 is 2.38 bits per heavy atom. The maximum absolute atomic E-state index is 11.9. The zero-order valence-corrected chi connectivity index (χ0v) is 10.7. The molecule has 6 heteroatoms. The summed E-state index contributed by atoms with van der Waals surface area (Å²) in [7, 11) is -3.12. The van der Waals surface area contributed by atoms with Crippen LogP contribution in [0.1, 0.15) is 26.7 Å². The van der Waals surface area contributed by atoms with Gasteiger partial charge in [0.15, 0.2) is 0 Å². The van der Waals surface area contributed by atoms with E-state index in [2.05, 4.69) is 0 Å². The molecule has 0 saturated carbocycles. The number of sulfonamides is 1. The van der Waals surface area contributed by atoms with Crippen LogP contribution in [0.5, 0.6) is 0 Å². The summed E-state index contributed by atoms with van der Waals surface area (Å²) in [5.41, 5.74) is 0. The second kappa shape index (κ2) is 5.95. The largest absolute Gasteiger partial charge is 0.394 e. The molecule has 0 spiro atoms. The predicted octanol–water partition coefficient (Wildman–Crippen LogP) is 0.198. The fourth-order valence-corrected chi connectivity index (χ4v) is 3.09. The summed E-state index contributed by atoms with van der Waals surface area (Å²) in [4.78, 5) is 0. The molecule has 1 saturated heterocycles. The maximum atomic E-state index is 11.9. The Balaban J connectivity index is 2.43. The van der Waals surface area contributed by atoms with Crippen LogP contribution < -0.4 is 0 Å². The molecule has 0 aromatic heterocycles. The Hall–Kier alpha value is -0.170. The highest BCUT2D eigenvalue weighted by molar-refractivity contribution is 7.89. The van der Waals surface area contributed by atoms with Crippen molar-refractivity contribution in [3.63, 3.8) is 0 Å². The number of hydrogen-bond donors (Lipinski definition) is 1. The van der Waals surface area contributed by atoms with Crippen molar-refractivity contribution in [1.82, 2.24) is 4.31 Å². The zero-order valence-electron chi connectivity index (χ0n) is 9.92. The van der Waals surface area contributed by atoms with E-state index in [1.165, 1.54) is 4.31 Å². The van der Waals surface area contributed by atoms with Crippen LogP contribution >= 0.6 is 0 Å². The molecule has 1 aliphatic heterocycles. The second-order valence-electron chi connectivity index (χ2n) is 4.29. The van der Waals surface area contributed by atoms with E-state index >= 15 is 0 Å². The van der Waals surface area contributed by atoms with Gasteiger partial charge in [0.2, 0.25) is 10.0 Å². The molecule has 1 aliphatic rings. The summed E-state index contributed by atoms with van der Waals surface area (Å²) in [5.74, 6) is 0. The molecule has 0 bridgehead atoms. The molecule has 1 N–H and O–H groups in total. The predicted molar refractivity (Wildman–Crippen MR) is 61.7 cm³/mol. The van der Waals surface area contributed by atoms with E-state index in [9.17, 15) is 8.42 Å². The third kappa shape index (κ3) is 3.41. The maximum Gasteiger partial charge on any atom is 0.216 e. The van der Waals surface area contributed by atoms with Crippen molar-refractivity contribution in [2.45, 2.75) is 38.0 Å². The van der Waals surface area contributed by atoms with Crippen LogP contribution in [0.15, 0.2) is 0 Å². The summed E-state index contributed by atoms with van der Waals surface area (Å²) in [6.45, 7) is 4.80. The van der Waals surface area contributed by atoms with Gasteiger partial charge in [-0.3, -0.25) is 0 Å². The molecule has 0 aromatic carbocycles. The van der Waals surface area contributed by atoms with E-state index in [1.54, 1.807) is 13.8 Å². The van der Waals surface area contributed by atoms with Gasteiger partial charge in [0.1, 0.15) is 0 Å². The van der Waals surface area contributed by atoms with Crippen LogP contribution in [0.4, 0.5) is 0 Å². The number of hydrogen-bond acceptors (Lipinski definition) is 4. The van der Waals surface area contributed by atoms with Crippen LogP contribution in [-0.4, -0.2) is 55.5 Å². The summed E-state index contributed by atoms with van der Waals surface area (Å²) < 4.78 is 30.6. The van der Waals surface area contributed by atoms with E-state index in [4.69, 9.17) is 9.84 Å². The van der Waals surface area contributed by atoms with E-state index in [1.807, 2.05) is 0 Å². The lowest BCUT2D eigenvalue weighted by atomic mass is 10.1. The molecule has 16 heavy (non-hydrogen) atoms. The van der Waals surface area contributed by atoms with Crippen LogP contribution in [0.2, 0.25) is 0 Å². The van der Waals surface area contributed by atoms with Crippen molar-refractivity contribution >= 4 is 10.0 Å². The lowest BCUT2D eigenvalue weighted by Gasteiger charge is -2.32. The van der Waals surface area contributed by atoms with Gasteiger partial charge < -0.3 is 9.84 Å². The number of rotatable bonds is 5. The van der Waals surface area contributed by atoms with Gasteiger partial charge in [-0.05, 0) is 26.7 Å². The van der Waals surface area contributed by atoms with Gasteiger partial charge in [0.05, 0.1) is 24.6 Å². The standard InChI is InChI=1S/C10H21NO4S/c1-9(2)16(13,14)11-5-3-10(4-6-11)15-8-7-12/h9-10,12H,3-8H2,1-2H3. The monoisotopic (exact) mass is 251 g/mol. The lowest BCUT2D eigenvalue weighted by molar-refractivity contribution is 0.00311. The van der Waals surface area contributed by atoms with Crippen molar-refractivity contribution in [1.29, 1.82) is 0 Å². The summed E-state index contributed by atoms with van der Waals surface area (Å²) in [6, 6.07) is 0. The van der Waals surface area contributed by atoms with Crippen LogP contribution in [-0.2, 0) is 14.8 Å². The third-order valence-electron chi connectivity index (χ3n) is 2.80. The number of aliphatic hydroxyl groups is 1. The van der Waals surface area contributed by atoms with E-state index < -0.39 is 10.0 Å². The Morgan fingerprint density at radius 2 is 1.94 bits per heavy atom. The molecular weight excluding hydrogens is 230 g/mol. The van der Waals surface area contributed by atoms with E-state index in [0.717, 1.165) is 0 Å². The Labute approximate surface area is 97.4 Å². The highest BCUT2D eigenvalue weighted by atomic mass is 32.2. The van der Waals surface area contributed by atoms with Crippen molar-refractivity contribution in [2.75, 3.05) is 26.3 Å². The molecule has 1 rings (SSSR count). The fourth-order valence-electron chi connectivity index (χ4n) is 1.77. The minimum atomic E-state index is -3.12. The molecule has 0 atom stereocenters. The second-order valence-corrected chi connectivity index (χ2v) is 6.78. The first kappa shape index (κ1) is 13.9. The zero-order chi connectivity index (χ0) is 12.2. The molecule has 1 heterocycles. The van der Waals surface area contributed by atoms with E-state index in [-0.39, 0.29) is 18.0 Å². The summed E-state index contributed by atoms with van der Waals surface area (Å²) >= 11 is 0. The fraction of sp³-hybridized carbons (Fsp3) is 1.00. The van der Waals surface area contributed by atoms with Gasteiger partial charge in [-0.1, -0.05) is 0 Å². The first-order valence-electron chi connectivity index (χ1n) is 5.70. The Morgan fingerprint density at radius 1 is 1.38 bits per heavy atom. The van der Waals surface area contributed by atoms with Crippen molar-refractivity contribution in [3.8, 4) is 0 Å². The Bertz CT molecular complexity index is 294. The molecule has 5 nitrogen and oxygen atoms in total. The highest BCUT2D eigenvalue weighted by Crippen LogP contribution is 2.18. The SMILES string of the molecule is CC(C)S(=O)(=O)N1CCC(OCCO)CC1. The molecule has 96 valence electrons. The lowest BCUT2D eigenvalue weighted by Crippen LogP contribution is -2.43. The van der Waals surface area contributed by atoms with Gasteiger partial charge in [0, 0.05) is 13.1 Å². The normalized spacial score (nSPS) is 20.5. The third-order valence-corrected chi connectivity index (χ3v) is 5.08. The molecule has 0 amide bonds. The van der Waals surface area contributed by atoms with Crippen molar-refractivity contribution < 1.29 is 18.3 Å². The minimum absolute atomic E-state index is 0.0184. The average Bonchev–Trinajstić information content (AvgIpc) is 2.26. The average molecular weight is 251 g/mol. The van der Waals surface area contributed by atoms with Gasteiger partial charge in [-0.25, -0.2) is 12.7 Å². The molecule has 0 unspecified atom stereocenters. The molecule has 0 radical (unpaired) electrons. The van der Waals surface area contributed by atoms with Crippen LogP contribution in [0, 0.1) is 0 Å². The van der Waals surface area contributed by atoms with Crippen molar-refractivity contribution in [3.05, 3.63) is 0 Å². The van der Waals surface area contributed by atoms with Gasteiger partial charge in [0.25, 0.3) is 0 Å². The molecule has 1 fully saturated rings. The number of ether oxygens (including phenoxy) is 1. The van der Waals surface area contributed by atoms with E-state index in [0.29, 0.717) is 32.5 Å². The van der Waals surface area contributed by atoms with Crippen LogP contribution in [0.25, 0.3) is 0 Å². The number of piperidine rings is 1. The molecule has 0 aliphatic carbocycles. The molecular formula is C10H21NO4S. The van der Waals surface area contributed by atoms with Crippen LogP contribution in [0.3, 0.4) is 0 Å². The van der Waals surface area contributed by atoms with Gasteiger partial charge in [-0.15, -0.1) is 0 Å². The van der Waals surface area contributed by atoms with Crippen molar-refractivity contribution in [2.24, 2.45) is 0 Å². The quantitative estimate of drug-likeness (QED) is 0.758. The minimum Gasteiger partial charge on any atom is -0.394 e. The number of nitrogens with zero attached hydrogens (tertiary/aromatic N) is 1. The topological polar surface area (TPSA) is 66.8 Å². The molecule has 0 aromatic rings. The first-order chi connectivity index (χ1) is 7.48. The van der Waals surface area contributed by atoms with Gasteiger partial charge >= 0.3 is 0 Å². The summed E-state index contributed by atoms with van der Waals surface area (Å²) in [6.07, 6.45) is 1.52. The summed E-state index contributed by atoms with van der Waals surface area (Å²) in [5, 5.41) is 8.26. The smallest absolute Gasteiger partial charge is 0.216 e. The number of aliphatic hydroxyl groups excluding tert-OH is 1. The Kier molecular flexibility index (Phi) is 5.17. The van der Waals surface area contributed by atoms with Gasteiger partial charge in [-0.2, -0.15) is 0 Å². The first-order valence-corrected chi connectivity index (χ1v) is 7.20. The highest BCUT2D eigenvalue weighted by Gasteiger charge is 2.30.